The minimum Gasteiger partial charge on any atom is -0.497 e. The molecular weight excluding hydrogens is 544 g/mol. The van der Waals surface area contributed by atoms with Crippen LogP contribution in [0.25, 0.3) is 11.3 Å². The Labute approximate surface area is 252 Å². The number of H-pyrrole nitrogens is 1. The van der Waals surface area contributed by atoms with E-state index in [4.69, 9.17) is 14.2 Å². The van der Waals surface area contributed by atoms with Crippen LogP contribution in [0.4, 0.5) is 0 Å². The zero-order valence-corrected chi connectivity index (χ0v) is 25.1. The van der Waals surface area contributed by atoms with Gasteiger partial charge in [0, 0.05) is 42.0 Å². The van der Waals surface area contributed by atoms with Gasteiger partial charge in [-0.15, -0.1) is 0 Å². The first-order chi connectivity index (χ1) is 20.9. The molecule has 0 radical (unpaired) electrons. The molecule has 0 saturated heterocycles. The highest BCUT2D eigenvalue weighted by Crippen LogP contribution is 2.33. The Balaban J connectivity index is 1.36. The smallest absolute Gasteiger partial charge is 0.258 e. The van der Waals surface area contributed by atoms with E-state index in [2.05, 4.69) is 15.5 Å². The first-order valence-corrected chi connectivity index (χ1v) is 14.5. The number of nitrogens with one attached hydrogen (secondary N) is 2. The minimum atomic E-state index is -0.210. The largest absolute Gasteiger partial charge is 0.497 e. The predicted octanol–water partition coefficient (Wildman–Crippen LogP) is 5.93. The number of hydrogen-bond acceptors (Lipinski definition) is 6. The third-order valence-corrected chi connectivity index (χ3v) is 8.05. The van der Waals surface area contributed by atoms with Crippen LogP contribution in [-0.4, -0.2) is 54.3 Å². The molecule has 0 unspecified atom stereocenters. The van der Waals surface area contributed by atoms with Crippen LogP contribution >= 0.6 is 0 Å². The summed E-state index contributed by atoms with van der Waals surface area (Å²) in [4.78, 5) is 29.0. The molecule has 1 heterocycles. The molecule has 0 bridgehead atoms. The van der Waals surface area contributed by atoms with Crippen molar-refractivity contribution in [3.8, 4) is 28.5 Å². The van der Waals surface area contributed by atoms with Crippen molar-refractivity contribution in [3.63, 3.8) is 0 Å². The van der Waals surface area contributed by atoms with Gasteiger partial charge in [0.15, 0.2) is 0 Å². The average Bonchev–Trinajstić information content (AvgIpc) is 3.72. The topological polar surface area (TPSA) is 106 Å². The van der Waals surface area contributed by atoms with E-state index in [1.54, 1.807) is 39.5 Å². The maximum Gasteiger partial charge on any atom is 0.258 e. The summed E-state index contributed by atoms with van der Waals surface area (Å²) < 4.78 is 16.3. The van der Waals surface area contributed by atoms with Gasteiger partial charge in [0.2, 0.25) is 0 Å². The number of amides is 2. The van der Waals surface area contributed by atoms with Crippen LogP contribution in [0.1, 0.15) is 63.2 Å². The van der Waals surface area contributed by atoms with Crippen LogP contribution in [0.15, 0.2) is 66.7 Å². The number of nitrogens with zero attached hydrogens (tertiary/aromatic N) is 2. The number of aromatic amines is 1. The molecule has 0 atom stereocenters. The maximum absolute atomic E-state index is 14.3. The van der Waals surface area contributed by atoms with Gasteiger partial charge in [0.1, 0.15) is 22.9 Å². The van der Waals surface area contributed by atoms with E-state index in [0.29, 0.717) is 47.2 Å². The van der Waals surface area contributed by atoms with Crippen LogP contribution in [0, 0.1) is 6.92 Å². The van der Waals surface area contributed by atoms with Gasteiger partial charge in [0.25, 0.3) is 11.8 Å². The second kappa shape index (κ2) is 13.5. The van der Waals surface area contributed by atoms with E-state index >= 15 is 0 Å². The predicted molar refractivity (Wildman–Crippen MR) is 165 cm³/mol. The first kappa shape index (κ1) is 29.7. The number of aromatic nitrogens is 2. The summed E-state index contributed by atoms with van der Waals surface area (Å²) in [5.41, 5.74) is 5.04. The molecule has 2 N–H and O–H groups in total. The molecule has 0 spiro atoms. The monoisotopic (exact) mass is 582 g/mol. The Bertz CT molecular complexity index is 1570. The number of hydrogen-bond donors (Lipinski definition) is 2. The highest BCUT2D eigenvalue weighted by atomic mass is 16.5. The van der Waals surface area contributed by atoms with Gasteiger partial charge in [-0.05, 0) is 49.6 Å². The molecule has 1 aliphatic carbocycles. The van der Waals surface area contributed by atoms with E-state index < -0.39 is 0 Å². The molecule has 1 aromatic heterocycles. The molecule has 5 rings (SSSR count). The third kappa shape index (κ3) is 6.51. The van der Waals surface area contributed by atoms with Crippen molar-refractivity contribution in [1.82, 2.24) is 20.4 Å². The van der Waals surface area contributed by atoms with E-state index in [1.165, 1.54) is 0 Å². The number of para-hydroxylation sites is 1. The molecule has 1 aliphatic rings. The fourth-order valence-electron chi connectivity index (χ4n) is 5.68. The molecule has 2 amide bonds. The Morgan fingerprint density at radius 3 is 2.35 bits per heavy atom. The lowest BCUT2D eigenvalue weighted by molar-refractivity contribution is 0.0663. The Morgan fingerprint density at radius 1 is 0.930 bits per heavy atom. The summed E-state index contributed by atoms with van der Waals surface area (Å²) in [6.45, 7) is 2.65. The van der Waals surface area contributed by atoms with Gasteiger partial charge in [-0.25, -0.2) is 0 Å². The minimum absolute atomic E-state index is 0.0563. The molecular formula is C34H38N4O5. The second-order valence-corrected chi connectivity index (χ2v) is 10.7. The Kier molecular flexibility index (Phi) is 9.29. The summed E-state index contributed by atoms with van der Waals surface area (Å²) >= 11 is 0. The summed E-state index contributed by atoms with van der Waals surface area (Å²) in [7, 11) is 4.80. The number of carbonyl (C=O) groups excluding carboxylic acids is 2. The average molecular weight is 583 g/mol. The number of carbonyl (C=O) groups is 2. The van der Waals surface area contributed by atoms with E-state index in [9.17, 15) is 9.59 Å². The van der Waals surface area contributed by atoms with Crippen molar-refractivity contribution < 1.29 is 23.8 Å². The third-order valence-electron chi connectivity index (χ3n) is 8.05. The van der Waals surface area contributed by atoms with Gasteiger partial charge >= 0.3 is 0 Å². The molecule has 43 heavy (non-hydrogen) atoms. The van der Waals surface area contributed by atoms with Gasteiger partial charge in [0.05, 0.1) is 32.5 Å². The molecule has 9 heteroatoms. The lowest BCUT2D eigenvalue weighted by Gasteiger charge is -2.30. The zero-order valence-electron chi connectivity index (χ0n) is 25.1. The van der Waals surface area contributed by atoms with E-state index in [1.807, 2.05) is 60.4 Å². The molecule has 1 saturated carbocycles. The van der Waals surface area contributed by atoms with Gasteiger partial charge in [-0.2, -0.15) is 5.10 Å². The number of ether oxygens (including phenoxy) is 3. The normalized spacial score (nSPS) is 13.0. The van der Waals surface area contributed by atoms with E-state index in [-0.39, 0.29) is 17.9 Å². The van der Waals surface area contributed by atoms with Crippen LogP contribution in [-0.2, 0) is 13.1 Å². The summed E-state index contributed by atoms with van der Waals surface area (Å²) in [5.74, 6) is 1.65. The molecule has 1 fully saturated rings. The fourth-order valence-corrected chi connectivity index (χ4v) is 5.68. The number of aryl methyl sites for hydroxylation is 1. The quantitative estimate of drug-likeness (QED) is 0.227. The van der Waals surface area contributed by atoms with Crippen molar-refractivity contribution >= 4 is 11.8 Å². The van der Waals surface area contributed by atoms with Crippen molar-refractivity contribution in [3.05, 3.63) is 94.7 Å². The van der Waals surface area contributed by atoms with Gasteiger partial charge in [-0.3, -0.25) is 14.7 Å². The second-order valence-electron chi connectivity index (χ2n) is 10.7. The zero-order chi connectivity index (χ0) is 30.3. The molecule has 9 nitrogen and oxygen atoms in total. The van der Waals surface area contributed by atoms with Crippen LogP contribution < -0.4 is 19.5 Å². The summed E-state index contributed by atoms with van der Waals surface area (Å²) in [6.07, 6.45) is 4.12. The van der Waals surface area contributed by atoms with Crippen molar-refractivity contribution in [2.45, 2.75) is 51.7 Å². The maximum atomic E-state index is 14.3. The molecule has 0 aliphatic heterocycles. The molecule has 224 valence electrons. The number of benzene rings is 3. The first-order valence-electron chi connectivity index (χ1n) is 14.5. The number of rotatable bonds is 11. The standard InChI is InChI=1S/C34H38N4O5/c1-22-31(34(40)38(26-9-5-6-10-26)21-25-17-18-27(41-2)19-30(25)43-4)32(37-36-22)24-15-13-23(14-16-24)20-35-33(39)28-11-7-8-12-29(28)42-3/h7-8,11-19,26H,5-6,9-10,20-21H2,1-4H3,(H,35,39)(H,36,37). The summed E-state index contributed by atoms with van der Waals surface area (Å²) in [6, 6.07) is 20.7. The van der Waals surface area contributed by atoms with Gasteiger partial charge in [-0.1, -0.05) is 49.2 Å². The lowest BCUT2D eigenvalue weighted by atomic mass is 10.0. The van der Waals surface area contributed by atoms with Crippen molar-refractivity contribution in [2.75, 3.05) is 21.3 Å². The van der Waals surface area contributed by atoms with Crippen molar-refractivity contribution in [1.29, 1.82) is 0 Å². The summed E-state index contributed by atoms with van der Waals surface area (Å²) in [5, 5.41) is 10.5. The van der Waals surface area contributed by atoms with Gasteiger partial charge < -0.3 is 24.4 Å². The van der Waals surface area contributed by atoms with Crippen LogP contribution in [0.5, 0.6) is 17.2 Å². The SMILES string of the molecule is COc1ccc(CN(C(=O)c2c(-c3ccc(CNC(=O)c4ccccc4OC)cc3)n[nH]c2C)C2CCCC2)c(OC)c1. The molecule has 3 aromatic carbocycles. The number of methoxy groups -OCH3 is 3. The Morgan fingerprint density at radius 2 is 1.65 bits per heavy atom. The fraction of sp³-hybridized carbons (Fsp3) is 0.324. The highest BCUT2D eigenvalue weighted by molar-refractivity contribution is 6.01. The highest BCUT2D eigenvalue weighted by Gasteiger charge is 2.32. The lowest BCUT2D eigenvalue weighted by Crippen LogP contribution is -2.38. The van der Waals surface area contributed by atoms with Crippen LogP contribution in [0.3, 0.4) is 0 Å². The van der Waals surface area contributed by atoms with Crippen molar-refractivity contribution in [2.24, 2.45) is 0 Å². The Hall–Kier alpha value is -4.79. The molecule has 4 aromatic rings. The van der Waals surface area contributed by atoms with E-state index in [0.717, 1.165) is 48.1 Å². The van der Waals surface area contributed by atoms with Crippen LogP contribution in [0.2, 0.25) is 0 Å².